The molecule has 0 heterocycles. The smallest absolute Gasteiger partial charge is 0.241 e. The van der Waals surface area contributed by atoms with Crippen molar-refractivity contribution >= 4 is 32.0 Å². The molecule has 0 N–H and O–H groups in total. The van der Waals surface area contributed by atoms with Crippen LogP contribution in [-0.2, 0) is 34.0 Å². The van der Waals surface area contributed by atoms with Crippen LogP contribution in [0.2, 0.25) is 0 Å². The van der Waals surface area contributed by atoms with E-state index in [2.05, 4.69) is 30.3 Å². The van der Waals surface area contributed by atoms with Crippen LogP contribution in [0.3, 0.4) is 0 Å². The summed E-state index contributed by atoms with van der Waals surface area (Å²) in [5, 5.41) is 2.39. The van der Waals surface area contributed by atoms with Crippen LogP contribution in [0.25, 0.3) is 10.8 Å². The van der Waals surface area contributed by atoms with Crippen LogP contribution in [0.15, 0.2) is 52.3 Å². The molecule has 3 aliphatic rings. The molecule has 3 aliphatic carbocycles. The first-order valence-corrected chi connectivity index (χ1v) is 17.7. The fourth-order valence-corrected chi connectivity index (χ4v) is 9.53. The van der Waals surface area contributed by atoms with Crippen molar-refractivity contribution in [3.05, 3.63) is 64.7 Å². The highest BCUT2D eigenvalue weighted by molar-refractivity contribution is 7.85. The van der Waals surface area contributed by atoms with E-state index in [1.807, 2.05) is 0 Å². The van der Waals surface area contributed by atoms with E-state index in [9.17, 15) is 17.2 Å². The average molecular weight is 580 g/mol. The summed E-state index contributed by atoms with van der Waals surface area (Å²) in [6.45, 7) is 0. The van der Waals surface area contributed by atoms with Gasteiger partial charge in [0.05, 0.1) is 9.79 Å². The summed E-state index contributed by atoms with van der Waals surface area (Å²) in [5.41, 5.74) is 3.66. The minimum absolute atomic E-state index is 0.154. The zero-order valence-corrected chi connectivity index (χ0v) is 24.8. The van der Waals surface area contributed by atoms with Gasteiger partial charge in [-0.2, -0.15) is 0 Å². The van der Waals surface area contributed by atoms with Gasteiger partial charge in [-0.1, -0.05) is 69.2 Å². The highest BCUT2D eigenvalue weighted by Crippen LogP contribution is 2.46. The second-order valence-corrected chi connectivity index (χ2v) is 14.3. The Kier molecular flexibility index (Phi) is 8.34. The standard InChI is InChI=1S/C33H40O5S2/c34-39(38-30-20-21-31(40(35,36)37)28-19-9-3-8-18-27(28)30)33-29(23-12-4-1-5-13-23)22-25-16-10-11-17-26(25)32(33)24-14-6-2-7-15-24/h10-11,16-17,20-24H,1-9,12-15,18-19H2,(H,35,36,37)/p-1. The van der Waals surface area contributed by atoms with Gasteiger partial charge in [0.1, 0.15) is 15.9 Å². The molecule has 1 unspecified atom stereocenters. The fourth-order valence-electron chi connectivity index (χ4n) is 7.49. The molecule has 2 saturated carbocycles. The first kappa shape index (κ1) is 27.9. The molecular formula is C33H39O5S2-. The van der Waals surface area contributed by atoms with Gasteiger partial charge in [-0.15, -0.1) is 0 Å². The van der Waals surface area contributed by atoms with Gasteiger partial charge in [0.2, 0.25) is 11.1 Å². The molecule has 0 bridgehead atoms. The van der Waals surface area contributed by atoms with Crippen molar-refractivity contribution in [1.82, 2.24) is 0 Å². The Labute approximate surface area is 241 Å². The van der Waals surface area contributed by atoms with Gasteiger partial charge in [-0.05, 0) is 109 Å². The summed E-state index contributed by atoms with van der Waals surface area (Å²) in [4.78, 5) is 0.694. The molecule has 5 nitrogen and oxygen atoms in total. The van der Waals surface area contributed by atoms with Crippen LogP contribution < -0.4 is 4.18 Å². The Morgan fingerprint density at radius 2 is 1.38 bits per heavy atom. The number of fused-ring (bicyclic) bond motifs is 2. The minimum Gasteiger partial charge on any atom is -0.744 e. The van der Waals surface area contributed by atoms with E-state index in [1.54, 1.807) is 6.07 Å². The number of hydrogen-bond donors (Lipinski definition) is 0. The molecular weight excluding hydrogens is 540 g/mol. The normalized spacial score (nSPS) is 20.1. The molecule has 6 rings (SSSR count). The van der Waals surface area contributed by atoms with Gasteiger partial charge in [-0.3, -0.25) is 0 Å². The topological polar surface area (TPSA) is 83.5 Å². The predicted octanol–water partition coefficient (Wildman–Crippen LogP) is 8.21. The maximum absolute atomic E-state index is 14.5. The quantitative estimate of drug-likeness (QED) is 0.217. The molecule has 3 aromatic rings. The van der Waals surface area contributed by atoms with Crippen LogP contribution in [0.1, 0.15) is 118 Å². The van der Waals surface area contributed by atoms with Gasteiger partial charge in [0.25, 0.3) is 0 Å². The Balaban J connectivity index is 1.51. The minimum atomic E-state index is -4.61. The Morgan fingerprint density at radius 3 is 2.08 bits per heavy atom. The molecule has 3 aromatic carbocycles. The zero-order valence-electron chi connectivity index (χ0n) is 23.2. The SMILES string of the molecule is O=S(Oc1ccc(S(=O)(=O)[O-])c2c1CCCCC2)c1c(C2CCCCC2)cc2ccccc2c1C1CCCCC1. The van der Waals surface area contributed by atoms with Crippen LogP contribution in [-0.4, -0.2) is 17.2 Å². The summed E-state index contributed by atoms with van der Waals surface area (Å²) >= 11 is -1.78. The van der Waals surface area contributed by atoms with E-state index in [-0.39, 0.29) is 4.90 Å². The number of benzene rings is 3. The van der Waals surface area contributed by atoms with E-state index < -0.39 is 21.2 Å². The second kappa shape index (κ2) is 11.9. The van der Waals surface area contributed by atoms with E-state index in [0.29, 0.717) is 36.0 Å². The number of rotatable bonds is 6. The van der Waals surface area contributed by atoms with Crippen LogP contribution in [0.5, 0.6) is 5.75 Å². The van der Waals surface area contributed by atoms with E-state index in [1.165, 1.54) is 66.5 Å². The van der Waals surface area contributed by atoms with Crippen molar-refractivity contribution in [3.63, 3.8) is 0 Å². The molecule has 0 saturated heterocycles. The summed E-state index contributed by atoms with van der Waals surface area (Å²) in [6, 6.07) is 13.7. The molecule has 0 amide bonds. The molecule has 1 atom stereocenters. The lowest BCUT2D eigenvalue weighted by molar-refractivity contribution is 0.426. The summed E-state index contributed by atoms with van der Waals surface area (Å²) in [7, 11) is -4.61. The van der Waals surface area contributed by atoms with Crippen LogP contribution in [0, 0.1) is 0 Å². The maximum Gasteiger partial charge on any atom is 0.241 e. The van der Waals surface area contributed by atoms with Crippen LogP contribution in [0.4, 0.5) is 0 Å². The molecule has 0 aromatic heterocycles. The highest BCUT2D eigenvalue weighted by atomic mass is 32.2. The first-order chi connectivity index (χ1) is 19.4. The van der Waals surface area contributed by atoms with Gasteiger partial charge in [0.15, 0.2) is 0 Å². The van der Waals surface area contributed by atoms with E-state index in [4.69, 9.17) is 4.18 Å². The maximum atomic E-state index is 14.5. The summed E-state index contributed by atoms with van der Waals surface area (Å²) < 4.78 is 57.2. The molecule has 0 spiro atoms. The predicted molar refractivity (Wildman–Crippen MR) is 158 cm³/mol. The molecule has 0 aliphatic heterocycles. The van der Waals surface area contributed by atoms with Crippen molar-refractivity contribution in [3.8, 4) is 5.75 Å². The van der Waals surface area contributed by atoms with Gasteiger partial charge in [0, 0.05) is 5.56 Å². The molecule has 40 heavy (non-hydrogen) atoms. The van der Waals surface area contributed by atoms with Gasteiger partial charge >= 0.3 is 0 Å². The Morgan fingerprint density at radius 1 is 0.750 bits per heavy atom. The first-order valence-electron chi connectivity index (χ1n) is 15.2. The monoisotopic (exact) mass is 579 g/mol. The number of hydrogen-bond acceptors (Lipinski definition) is 5. The molecule has 7 heteroatoms. The lowest BCUT2D eigenvalue weighted by Gasteiger charge is -2.30. The fraction of sp³-hybridized carbons (Fsp3) is 0.515. The van der Waals surface area contributed by atoms with E-state index in [0.717, 1.165) is 55.4 Å². The highest BCUT2D eigenvalue weighted by Gasteiger charge is 2.31. The van der Waals surface area contributed by atoms with Crippen LogP contribution >= 0.6 is 0 Å². The van der Waals surface area contributed by atoms with E-state index >= 15 is 0 Å². The zero-order chi connectivity index (χ0) is 27.7. The molecule has 0 radical (unpaired) electrons. The largest absolute Gasteiger partial charge is 0.744 e. The summed E-state index contributed by atoms with van der Waals surface area (Å²) in [6.07, 6.45) is 15.4. The lowest BCUT2D eigenvalue weighted by atomic mass is 9.78. The third-order valence-corrected chi connectivity index (χ3v) is 11.5. The van der Waals surface area contributed by atoms with Gasteiger partial charge in [-0.25, -0.2) is 12.6 Å². The average Bonchev–Trinajstić information content (AvgIpc) is 3.23. The molecule has 214 valence electrons. The van der Waals surface area contributed by atoms with Crippen molar-refractivity contribution in [1.29, 1.82) is 0 Å². The van der Waals surface area contributed by atoms with Gasteiger partial charge < -0.3 is 8.74 Å². The van der Waals surface area contributed by atoms with Crippen molar-refractivity contribution in [2.75, 3.05) is 0 Å². The lowest BCUT2D eigenvalue weighted by Crippen LogP contribution is -2.17. The summed E-state index contributed by atoms with van der Waals surface area (Å²) in [5.74, 6) is 1.16. The Bertz CT molecular complexity index is 1520. The molecule has 2 fully saturated rings. The van der Waals surface area contributed by atoms with Crippen molar-refractivity contribution in [2.45, 2.75) is 118 Å². The third kappa shape index (κ3) is 5.62. The second-order valence-electron chi connectivity index (χ2n) is 12.0. The van der Waals surface area contributed by atoms with Crippen molar-refractivity contribution < 1.29 is 21.4 Å². The third-order valence-electron chi connectivity index (χ3n) is 9.43. The van der Waals surface area contributed by atoms with Crippen molar-refractivity contribution in [2.24, 2.45) is 0 Å². The Hall–Kier alpha value is -2.22.